The predicted molar refractivity (Wildman–Crippen MR) is 52.2 cm³/mol. The van der Waals surface area contributed by atoms with Crippen molar-refractivity contribution in [1.82, 2.24) is 10.3 Å². The van der Waals surface area contributed by atoms with E-state index >= 15 is 0 Å². The first-order valence-electron chi connectivity index (χ1n) is 4.40. The monoisotopic (exact) mass is 192 g/mol. The van der Waals surface area contributed by atoms with Crippen molar-refractivity contribution >= 4 is 11.7 Å². The van der Waals surface area contributed by atoms with E-state index in [0.717, 1.165) is 0 Å². The summed E-state index contributed by atoms with van der Waals surface area (Å²) in [6.07, 6.45) is 1.41. The molecule has 1 rings (SSSR count). The predicted octanol–water partition coefficient (Wildman–Crippen LogP) is 1.03. The molecule has 1 N–H and O–H groups in total. The van der Waals surface area contributed by atoms with Gasteiger partial charge in [0.15, 0.2) is 5.78 Å². The van der Waals surface area contributed by atoms with E-state index in [1.807, 2.05) is 6.92 Å². The zero-order chi connectivity index (χ0) is 10.6. The summed E-state index contributed by atoms with van der Waals surface area (Å²) in [5, 5.41) is 2.62. The molecule has 0 radical (unpaired) electrons. The van der Waals surface area contributed by atoms with Crippen LogP contribution in [-0.2, 0) is 0 Å². The van der Waals surface area contributed by atoms with Crippen molar-refractivity contribution in [3.8, 4) is 0 Å². The number of carbonyl (C=O) groups is 2. The van der Waals surface area contributed by atoms with E-state index in [1.165, 1.54) is 13.1 Å². The van der Waals surface area contributed by atoms with Crippen molar-refractivity contribution in [2.45, 2.75) is 13.8 Å². The van der Waals surface area contributed by atoms with E-state index in [0.29, 0.717) is 17.8 Å². The van der Waals surface area contributed by atoms with E-state index in [4.69, 9.17) is 0 Å². The molecule has 0 aliphatic carbocycles. The van der Waals surface area contributed by atoms with Crippen LogP contribution in [0.2, 0.25) is 0 Å². The Balaban J connectivity index is 2.83. The summed E-state index contributed by atoms with van der Waals surface area (Å²) in [6, 6.07) is 3.14. The molecule has 0 saturated heterocycles. The van der Waals surface area contributed by atoms with Gasteiger partial charge in [0.2, 0.25) is 0 Å². The molecule has 0 fully saturated rings. The van der Waals surface area contributed by atoms with Gasteiger partial charge in [0.25, 0.3) is 5.91 Å². The van der Waals surface area contributed by atoms with E-state index < -0.39 is 0 Å². The van der Waals surface area contributed by atoms with Gasteiger partial charge in [-0.3, -0.25) is 14.6 Å². The molecule has 4 nitrogen and oxygen atoms in total. The van der Waals surface area contributed by atoms with Crippen LogP contribution >= 0.6 is 0 Å². The molecule has 0 aromatic carbocycles. The lowest BCUT2D eigenvalue weighted by molar-refractivity contribution is 0.0948. The number of nitrogens with zero attached hydrogens (tertiary/aromatic N) is 1. The highest BCUT2D eigenvalue weighted by molar-refractivity contribution is 5.96. The fraction of sp³-hybridized carbons (Fsp3) is 0.300. The molecule has 1 heterocycles. The molecule has 0 atom stereocenters. The lowest BCUT2D eigenvalue weighted by atomic mass is 10.2. The molecule has 14 heavy (non-hydrogen) atoms. The Morgan fingerprint density at radius 3 is 2.57 bits per heavy atom. The Bertz CT molecular complexity index is 344. The first-order valence-corrected chi connectivity index (χ1v) is 4.40. The second kappa shape index (κ2) is 4.50. The first kappa shape index (κ1) is 10.4. The third-order valence-electron chi connectivity index (χ3n) is 1.74. The van der Waals surface area contributed by atoms with Crippen molar-refractivity contribution in [3.05, 3.63) is 29.6 Å². The van der Waals surface area contributed by atoms with Gasteiger partial charge in [-0.2, -0.15) is 0 Å². The van der Waals surface area contributed by atoms with Gasteiger partial charge >= 0.3 is 0 Å². The number of ketones is 1. The SMILES string of the molecule is CCNC(=O)c1ccc(C(C)=O)cn1. The van der Waals surface area contributed by atoms with Crippen LogP contribution in [-0.4, -0.2) is 23.2 Å². The number of carbonyl (C=O) groups excluding carboxylic acids is 2. The third kappa shape index (κ3) is 2.39. The highest BCUT2D eigenvalue weighted by atomic mass is 16.1. The maximum atomic E-state index is 11.3. The summed E-state index contributed by atoms with van der Waals surface area (Å²) in [5.74, 6) is -0.275. The van der Waals surface area contributed by atoms with Crippen molar-refractivity contribution in [1.29, 1.82) is 0 Å². The summed E-state index contributed by atoms with van der Waals surface area (Å²) in [7, 11) is 0. The molecular weight excluding hydrogens is 180 g/mol. The van der Waals surface area contributed by atoms with Crippen LogP contribution in [0.25, 0.3) is 0 Å². The second-order valence-electron chi connectivity index (χ2n) is 2.85. The van der Waals surface area contributed by atoms with Crippen molar-refractivity contribution in [2.24, 2.45) is 0 Å². The topological polar surface area (TPSA) is 59.1 Å². The van der Waals surface area contributed by atoms with Crippen LogP contribution in [0.15, 0.2) is 18.3 Å². The summed E-state index contributed by atoms with van der Waals surface area (Å²) < 4.78 is 0. The minimum absolute atomic E-state index is 0.0556. The molecule has 1 amide bonds. The quantitative estimate of drug-likeness (QED) is 0.728. The average molecular weight is 192 g/mol. The number of nitrogens with one attached hydrogen (secondary N) is 1. The zero-order valence-electron chi connectivity index (χ0n) is 8.20. The Hall–Kier alpha value is -1.71. The lowest BCUT2D eigenvalue weighted by Gasteiger charge is -2.01. The zero-order valence-corrected chi connectivity index (χ0v) is 8.20. The van der Waals surface area contributed by atoms with Gasteiger partial charge in [-0.1, -0.05) is 0 Å². The summed E-state index contributed by atoms with van der Waals surface area (Å²) in [4.78, 5) is 26.1. The average Bonchev–Trinajstić information content (AvgIpc) is 2.18. The van der Waals surface area contributed by atoms with E-state index in [2.05, 4.69) is 10.3 Å². The third-order valence-corrected chi connectivity index (χ3v) is 1.74. The molecule has 0 spiro atoms. The van der Waals surface area contributed by atoms with Crippen molar-refractivity contribution < 1.29 is 9.59 Å². The first-order chi connectivity index (χ1) is 6.65. The molecule has 0 aliphatic heterocycles. The maximum Gasteiger partial charge on any atom is 0.269 e. The van der Waals surface area contributed by atoms with Gasteiger partial charge in [0.1, 0.15) is 5.69 Å². The summed E-state index contributed by atoms with van der Waals surface area (Å²) in [5.41, 5.74) is 0.842. The number of pyridine rings is 1. The van der Waals surface area contributed by atoms with Gasteiger partial charge in [-0.05, 0) is 26.0 Å². The van der Waals surface area contributed by atoms with Crippen LogP contribution in [0.1, 0.15) is 34.7 Å². The number of amides is 1. The largest absolute Gasteiger partial charge is 0.351 e. The van der Waals surface area contributed by atoms with Crippen LogP contribution < -0.4 is 5.32 Å². The Morgan fingerprint density at radius 1 is 1.43 bits per heavy atom. The van der Waals surface area contributed by atoms with Gasteiger partial charge in [-0.15, -0.1) is 0 Å². The standard InChI is InChI=1S/C10H12N2O2/c1-3-11-10(14)9-5-4-8(6-12-9)7(2)13/h4-6H,3H2,1-2H3,(H,11,14). The molecule has 1 aromatic heterocycles. The molecular formula is C10H12N2O2. The molecule has 4 heteroatoms. The van der Waals surface area contributed by atoms with E-state index in [9.17, 15) is 9.59 Å². The van der Waals surface area contributed by atoms with Gasteiger partial charge < -0.3 is 5.32 Å². The van der Waals surface area contributed by atoms with Crippen LogP contribution in [0.4, 0.5) is 0 Å². The fourth-order valence-electron chi connectivity index (χ4n) is 0.988. The number of Topliss-reactive ketones (excluding diaryl/α,β-unsaturated/α-hetero) is 1. The van der Waals surface area contributed by atoms with E-state index in [-0.39, 0.29) is 11.7 Å². The number of hydrogen-bond donors (Lipinski definition) is 1. The van der Waals surface area contributed by atoms with Gasteiger partial charge in [0, 0.05) is 18.3 Å². The lowest BCUT2D eigenvalue weighted by Crippen LogP contribution is -2.23. The normalized spacial score (nSPS) is 9.57. The Morgan fingerprint density at radius 2 is 2.14 bits per heavy atom. The van der Waals surface area contributed by atoms with Crippen LogP contribution in [0.3, 0.4) is 0 Å². The Kier molecular flexibility index (Phi) is 3.34. The minimum atomic E-state index is -0.220. The van der Waals surface area contributed by atoms with Gasteiger partial charge in [-0.25, -0.2) is 0 Å². The molecule has 1 aromatic rings. The number of aromatic nitrogens is 1. The van der Waals surface area contributed by atoms with Crippen LogP contribution in [0.5, 0.6) is 0 Å². The minimum Gasteiger partial charge on any atom is -0.351 e. The second-order valence-corrected chi connectivity index (χ2v) is 2.85. The molecule has 74 valence electrons. The molecule has 0 saturated carbocycles. The highest BCUT2D eigenvalue weighted by Crippen LogP contribution is 2.00. The van der Waals surface area contributed by atoms with Gasteiger partial charge in [0.05, 0.1) is 0 Å². The molecule has 0 bridgehead atoms. The smallest absolute Gasteiger partial charge is 0.269 e. The molecule has 0 unspecified atom stereocenters. The number of rotatable bonds is 3. The Labute approximate surface area is 82.3 Å². The van der Waals surface area contributed by atoms with Crippen molar-refractivity contribution in [3.63, 3.8) is 0 Å². The highest BCUT2D eigenvalue weighted by Gasteiger charge is 2.06. The summed E-state index contributed by atoms with van der Waals surface area (Å²) in [6.45, 7) is 3.86. The summed E-state index contributed by atoms with van der Waals surface area (Å²) >= 11 is 0. The number of hydrogen-bond acceptors (Lipinski definition) is 3. The van der Waals surface area contributed by atoms with Crippen molar-refractivity contribution in [2.75, 3.05) is 6.54 Å². The fourth-order valence-corrected chi connectivity index (χ4v) is 0.988. The van der Waals surface area contributed by atoms with Crippen LogP contribution in [0, 0.1) is 0 Å². The maximum absolute atomic E-state index is 11.3. The van der Waals surface area contributed by atoms with E-state index in [1.54, 1.807) is 12.1 Å². The molecule has 0 aliphatic rings.